The van der Waals surface area contributed by atoms with Gasteiger partial charge in [-0.25, -0.2) is 4.39 Å². The third kappa shape index (κ3) is 3.29. The van der Waals surface area contributed by atoms with Crippen LogP contribution in [-0.4, -0.2) is 13.0 Å². The van der Waals surface area contributed by atoms with E-state index in [9.17, 15) is 9.18 Å². The quantitative estimate of drug-likeness (QED) is 0.597. The predicted octanol–water partition coefficient (Wildman–Crippen LogP) is 2.68. The normalized spacial score (nSPS) is 10.1. The molecule has 0 aromatic heterocycles. The molecule has 0 saturated carbocycles. The van der Waals surface area contributed by atoms with Gasteiger partial charge in [0.15, 0.2) is 11.6 Å². The highest BCUT2D eigenvalue weighted by Gasteiger charge is 2.12. The number of anilines is 2. The van der Waals surface area contributed by atoms with E-state index in [2.05, 4.69) is 10.7 Å². The summed E-state index contributed by atoms with van der Waals surface area (Å²) in [5, 5.41) is 2.68. The molecule has 0 aliphatic rings. The van der Waals surface area contributed by atoms with E-state index >= 15 is 0 Å². The van der Waals surface area contributed by atoms with Crippen LogP contribution in [0.15, 0.2) is 36.4 Å². The van der Waals surface area contributed by atoms with Crippen molar-refractivity contribution in [3.8, 4) is 5.75 Å². The summed E-state index contributed by atoms with van der Waals surface area (Å²) in [4.78, 5) is 12.3. The molecule has 0 heterocycles. The average Bonchev–Trinajstić information content (AvgIpc) is 2.49. The lowest BCUT2D eigenvalue weighted by atomic mass is 10.1. The van der Waals surface area contributed by atoms with Crippen molar-refractivity contribution in [3.63, 3.8) is 0 Å². The number of hydrogen-bond donors (Lipinski definition) is 3. The lowest BCUT2D eigenvalue weighted by Crippen LogP contribution is -2.17. The second kappa shape index (κ2) is 6.23. The number of carbonyl (C=O) groups is 1. The molecule has 2 aromatic rings. The highest BCUT2D eigenvalue weighted by atomic mass is 19.1. The van der Waals surface area contributed by atoms with Crippen molar-refractivity contribution in [1.29, 1.82) is 0 Å². The summed E-state index contributed by atoms with van der Waals surface area (Å²) in [5.41, 5.74) is 4.75. The first-order chi connectivity index (χ1) is 10.0. The van der Waals surface area contributed by atoms with Crippen molar-refractivity contribution >= 4 is 17.3 Å². The molecule has 0 fully saturated rings. The second-order valence-electron chi connectivity index (χ2n) is 4.50. The number of aryl methyl sites for hydroxylation is 1. The zero-order valence-corrected chi connectivity index (χ0v) is 11.7. The standard InChI is InChI=1S/C15H16FN3O2/c1-9-3-6-13(19-17)11(7-9)15(20)18-10-4-5-12(16)14(8-10)21-2/h3-8,19H,17H2,1-2H3,(H,18,20). The summed E-state index contributed by atoms with van der Waals surface area (Å²) >= 11 is 0. The van der Waals surface area contributed by atoms with Gasteiger partial charge in [-0.05, 0) is 31.2 Å². The van der Waals surface area contributed by atoms with Crippen LogP contribution in [0.25, 0.3) is 0 Å². The number of ether oxygens (including phenoxy) is 1. The maximum atomic E-state index is 13.3. The molecule has 0 unspecified atom stereocenters. The van der Waals surface area contributed by atoms with Crippen molar-refractivity contribution in [1.82, 2.24) is 0 Å². The van der Waals surface area contributed by atoms with E-state index in [4.69, 9.17) is 10.6 Å². The Hall–Kier alpha value is -2.60. The number of methoxy groups -OCH3 is 1. The van der Waals surface area contributed by atoms with E-state index in [0.717, 1.165) is 5.56 Å². The number of nitrogens with one attached hydrogen (secondary N) is 2. The van der Waals surface area contributed by atoms with Crippen LogP contribution < -0.4 is 21.3 Å². The van der Waals surface area contributed by atoms with Crippen molar-refractivity contribution in [2.24, 2.45) is 5.84 Å². The van der Waals surface area contributed by atoms with Gasteiger partial charge < -0.3 is 15.5 Å². The largest absolute Gasteiger partial charge is 0.494 e. The van der Waals surface area contributed by atoms with Gasteiger partial charge in [-0.3, -0.25) is 10.6 Å². The molecule has 4 N–H and O–H groups in total. The van der Waals surface area contributed by atoms with Gasteiger partial charge in [0.1, 0.15) is 0 Å². The highest BCUT2D eigenvalue weighted by Crippen LogP contribution is 2.23. The van der Waals surface area contributed by atoms with Crippen LogP contribution in [0.2, 0.25) is 0 Å². The number of nitrogen functional groups attached to an aromatic ring is 1. The van der Waals surface area contributed by atoms with Crippen LogP contribution in [0.3, 0.4) is 0 Å². The Labute approximate surface area is 121 Å². The third-order valence-corrected chi connectivity index (χ3v) is 2.98. The monoisotopic (exact) mass is 289 g/mol. The number of nitrogens with two attached hydrogens (primary N) is 1. The summed E-state index contributed by atoms with van der Waals surface area (Å²) in [6.07, 6.45) is 0. The third-order valence-electron chi connectivity index (χ3n) is 2.98. The minimum absolute atomic E-state index is 0.0641. The molecule has 110 valence electrons. The molecule has 0 aliphatic heterocycles. The molecular formula is C15H16FN3O2. The summed E-state index contributed by atoms with van der Waals surface area (Å²) in [5.74, 6) is 4.62. The number of benzene rings is 2. The number of amides is 1. The molecule has 21 heavy (non-hydrogen) atoms. The summed E-state index contributed by atoms with van der Waals surface area (Å²) in [6, 6.07) is 9.38. The van der Waals surface area contributed by atoms with Crippen molar-refractivity contribution in [2.75, 3.05) is 17.9 Å². The minimum Gasteiger partial charge on any atom is -0.494 e. The first kappa shape index (κ1) is 14.8. The summed E-state index contributed by atoms with van der Waals surface area (Å²) in [6.45, 7) is 1.87. The molecule has 0 saturated heterocycles. The molecule has 1 amide bonds. The van der Waals surface area contributed by atoms with Crippen LogP contribution in [0.4, 0.5) is 15.8 Å². The lowest BCUT2D eigenvalue weighted by molar-refractivity contribution is 0.102. The summed E-state index contributed by atoms with van der Waals surface area (Å²) < 4.78 is 18.2. The topological polar surface area (TPSA) is 76.4 Å². The van der Waals surface area contributed by atoms with Crippen molar-refractivity contribution < 1.29 is 13.9 Å². The second-order valence-corrected chi connectivity index (χ2v) is 4.50. The van der Waals surface area contributed by atoms with Gasteiger partial charge >= 0.3 is 0 Å². The van der Waals surface area contributed by atoms with Gasteiger partial charge in [-0.15, -0.1) is 0 Å². The molecule has 0 bridgehead atoms. The van der Waals surface area contributed by atoms with E-state index < -0.39 is 5.82 Å². The average molecular weight is 289 g/mol. The van der Waals surface area contributed by atoms with Crippen LogP contribution in [0, 0.1) is 12.7 Å². The number of hydrazine groups is 1. The SMILES string of the molecule is COc1cc(NC(=O)c2cc(C)ccc2NN)ccc1F. The summed E-state index contributed by atoms with van der Waals surface area (Å²) in [7, 11) is 1.36. The molecular weight excluding hydrogens is 273 g/mol. The van der Waals surface area contributed by atoms with Crippen molar-refractivity contribution in [2.45, 2.75) is 6.92 Å². The predicted molar refractivity (Wildman–Crippen MR) is 79.9 cm³/mol. The van der Waals surface area contributed by atoms with E-state index in [-0.39, 0.29) is 11.7 Å². The fourth-order valence-corrected chi connectivity index (χ4v) is 1.91. The Bertz CT molecular complexity index is 674. The van der Waals surface area contributed by atoms with Gasteiger partial charge in [0, 0.05) is 11.8 Å². The smallest absolute Gasteiger partial charge is 0.257 e. The number of carbonyl (C=O) groups excluding carboxylic acids is 1. The minimum atomic E-state index is -0.490. The first-order valence-corrected chi connectivity index (χ1v) is 6.27. The van der Waals surface area contributed by atoms with Gasteiger partial charge in [0.25, 0.3) is 5.91 Å². The fourth-order valence-electron chi connectivity index (χ4n) is 1.91. The van der Waals surface area contributed by atoms with E-state index in [1.54, 1.807) is 12.1 Å². The van der Waals surface area contributed by atoms with Crippen LogP contribution >= 0.6 is 0 Å². The van der Waals surface area contributed by atoms with Gasteiger partial charge in [0.05, 0.1) is 18.4 Å². The Morgan fingerprint density at radius 3 is 2.67 bits per heavy atom. The number of halogens is 1. The Morgan fingerprint density at radius 1 is 1.24 bits per heavy atom. The van der Waals surface area contributed by atoms with E-state index in [1.165, 1.54) is 25.3 Å². The van der Waals surface area contributed by atoms with Crippen LogP contribution in [0.1, 0.15) is 15.9 Å². The van der Waals surface area contributed by atoms with Crippen LogP contribution in [0.5, 0.6) is 5.75 Å². The first-order valence-electron chi connectivity index (χ1n) is 6.27. The van der Waals surface area contributed by atoms with Gasteiger partial charge in [-0.1, -0.05) is 11.6 Å². The van der Waals surface area contributed by atoms with Crippen LogP contribution in [-0.2, 0) is 0 Å². The molecule has 0 spiro atoms. The fraction of sp³-hybridized carbons (Fsp3) is 0.133. The number of rotatable bonds is 4. The molecule has 5 nitrogen and oxygen atoms in total. The molecule has 2 rings (SSSR count). The van der Waals surface area contributed by atoms with Gasteiger partial charge in [0.2, 0.25) is 0 Å². The maximum absolute atomic E-state index is 13.3. The Kier molecular flexibility index (Phi) is 4.39. The zero-order chi connectivity index (χ0) is 15.4. The lowest BCUT2D eigenvalue weighted by Gasteiger charge is -2.11. The number of hydrogen-bond acceptors (Lipinski definition) is 4. The Morgan fingerprint density at radius 2 is 2.00 bits per heavy atom. The Balaban J connectivity index is 2.28. The zero-order valence-electron chi connectivity index (χ0n) is 11.7. The molecule has 0 radical (unpaired) electrons. The molecule has 0 atom stereocenters. The van der Waals surface area contributed by atoms with Crippen molar-refractivity contribution in [3.05, 3.63) is 53.3 Å². The molecule has 6 heteroatoms. The van der Waals surface area contributed by atoms with E-state index in [0.29, 0.717) is 16.9 Å². The molecule has 0 aliphatic carbocycles. The molecule has 2 aromatic carbocycles. The van der Waals surface area contributed by atoms with E-state index in [1.807, 2.05) is 13.0 Å². The maximum Gasteiger partial charge on any atom is 0.257 e. The highest BCUT2D eigenvalue weighted by molar-refractivity contribution is 6.08. The van der Waals surface area contributed by atoms with Gasteiger partial charge in [-0.2, -0.15) is 0 Å².